The van der Waals surface area contributed by atoms with Gasteiger partial charge in [-0.2, -0.15) is 0 Å². The van der Waals surface area contributed by atoms with Crippen LogP contribution in [-0.4, -0.2) is 24.0 Å². The van der Waals surface area contributed by atoms with Gasteiger partial charge >= 0.3 is 0 Å². The molecule has 0 heterocycles. The highest BCUT2D eigenvalue weighted by molar-refractivity contribution is 8.76. The zero-order valence-corrected chi connectivity index (χ0v) is 14.0. The summed E-state index contributed by atoms with van der Waals surface area (Å²) in [5.41, 5.74) is 0.743. The molecule has 0 aliphatic heterocycles. The molecule has 1 N–H and O–H groups in total. The number of hydrogen-bond acceptors (Lipinski definition) is 3. The number of rotatable bonds is 8. The molecule has 0 saturated heterocycles. The van der Waals surface area contributed by atoms with Crippen molar-refractivity contribution in [3.63, 3.8) is 0 Å². The molecule has 0 aromatic carbocycles. The minimum absolute atomic E-state index is 0.0892. The molecular weight excluding hydrogens is 262 g/mol. The molecule has 0 aromatic rings. The van der Waals surface area contributed by atoms with Crippen LogP contribution in [-0.2, 0) is 4.79 Å². The molecule has 0 aromatic heterocycles. The van der Waals surface area contributed by atoms with Crippen LogP contribution >= 0.6 is 21.6 Å². The van der Waals surface area contributed by atoms with E-state index in [1.807, 2.05) is 21.6 Å². The topological polar surface area (TPSA) is 29.1 Å². The molecule has 1 amide bonds. The SMILES string of the molecule is C=CC(=O)NCCSSCC(C)(C)CC(C)(C)C. The van der Waals surface area contributed by atoms with Crippen LogP contribution in [0.3, 0.4) is 0 Å². The third-order valence-corrected chi connectivity index (χ3v) is 5.00. The third kappa shape index (κ3) is 11.0. The van der Waals surface area contributed by atoms with E-state index in [2.05, 4.69) is 46.5 Å². The molecule has 4 heteroatoms. The second-order valence-corrected chi connectivity index (χ2v) is 9.06. The number of amides is 1. The molecule has 0 saturated carbocycles. The van der Waals surface area contributed by atoms with Crippen molar-refractivity contribution >= 4 is 27.5 Å². The van der Waals surface area contributed by atoms with Crippen LogP contribution in [0.25, 0.3) is 0 Å². The monoisotopic (exact) mass is 289 g/mol. The lowest BCUT2D eigenvalue weighted by Crippen LogP contribution is -2.24. The van der Waals surface area contributed by atoms with Crippen molar-refractivity contribution in [1.29, 1.82) is 0 Å². The Hall–Kier alpha value is -0.0900. The quantitative estimate of drug-likeness (QED) is 0.414. The average molecular weight is 290 g/mol. The minimum Gasteiger partial charge on any atom is -0.352 e. The summed E-state index contributed by atoms with van der Waals surface area (Å²) < 4.78 is 0. The summed E-state index contributed by atoms with van der Waals surface area (Å²) in [5.74, 6) is 1.99. The number of carbonyl (C=O) groups excluding carboxylic acids is 1. The Balaban J connectivity index is 3.65. The first-order valence-corrected chi connectivity index (χ1v) is 8.80. The lowest BCUT2D eigenvalue weighted by molar-refractivity contribution is -0.116. The van der Waals surface area contributed by atoms with Crippen molar-refractivity contribution < 1.29 is 4.79 Å². The Bertz CT molecular complexity index is 269. The molecule has 106 valence electrons. The second kappa shape index (κ2) is 8.16. The molecule has 0 fully saturated rings. The first kappa shape index (κ1) is 17.9. The van der Waals surface area contributed by atoms with E-state index in [-0.39, 0.29) is 5.91 Å². The van der Waals surface area contributed by atoms with E-state index in [0.717, 1.165) is 11.5 Å². The maximum Gasteiger partial charge on any atom is 0.243 e. The summed E-state index contributed by atoms with van der Waals surface area (Å²) in [7, 11) is 3.73. The van der Waals surface area contributed by atoms with Crippen LogP contribution in [0.4, 0.5) is 0 Å². The van der Waals surface area contributed by atoms with E-state index < -0.39 is 0 Å². The highest BCUT2D eigenvalue weighted by Gasteiger charge is 2.25. The van der Waals surface area contributed by atoms with Crippen LogP contribution in [0.15, 0.2) is 12.7 Å². The number of hydrogen-bond donors (Lipinski definition) is 1. The van der Waals surface area contributed by atoms with Crippen molar-refractivity contribution in [3.8, 4) is 0 Å². The Morgan fingerprint density at radius 2 is 1.83 bits per heavy atom. The first-order chi connectivity index (χ1) is 8.16. The van der Waals surface area contributed by atoms with Crippen molar-refractivity contribution in [2.45, 2.75) is 41.0 Å². The van der Waals surface area contributed by atoms with Crippen LogP contribution in [0.5, 0.6) is 0 Å². The zero-order valence-electron chi connectivity index (χ0n) is 12.3. The predicted molar refractivity (Wildman–Crippen MR) is 86.0 cm³/mol. The van der Waals surface area contributed by atoms with Crippen molar-refractivity contribution in [3.05, 3.63) is 12.7 Å². The number of carbonyl (C=O) groups is 1. The van der Waals surface area contributed by atoms with Gasteiger partial charge in [-0.05, 0) is 23.3 Å². The van der Waals surface area contributed by atoms with Gasteiger partial charge in [0.25, 0.3) is 0 Å². The van der Waals surface area contributed by atoms with Gasteiger partial charge in [0.15, 0.2) is 0 Å². The van der Waals surface area contributed by atoms with Gasteiger partial charge in [0.1, 0.15) is 0 Å². The molecule has 0 aliphatic carbocycles. The lowest BCUT2D eigenvalue weighted by atomic mass is 9.77. The summed E-state index contributed by atoms with van der Waals surface area (Å²) in [6.45, 7) is 15.6. The van der Waals surface area contributed by atoms with E-state index in [1.54, 1.807) is 0 Å². The predicted octanol–water partition coefficient (Wildman–Crippen LogP) is 4.13. The summed E-state index contributed by atoms with van der Waals surface area (Å²) >= 11 is 0. The Morgan fingerprint density at radius 1 is 1.22 bits per heavy atom. The van der Waals surface area contributed by atoms with Crippen LogP contribution in [0.1, 0.15) is 41.0 Å². The first-order valence-electron chi connectivity index (χ1n) is 6.31. The fraction of sp³-hybridized carbons (Fsp3) is 0.786. The van der Waals surface area contributed by atoms with E-state index >= 15 is 0 Å². The van der Waals surface area contributed by atoms with Gasteiger partial charge in [-0.1, -0.05) is 62.8 Å². The van der Waals surface area contributed by atoms with E-state index in [1.165, 1.54) is 12.5 Å². The molecule has 0 bridgehead atoms. The van der Waals surface area contributed by atoms with Crippen LogP contribution in [0.2, 0.25) is 0 Å². The molecule has 18 heavy (non-hydrogen) atoms. The molecule has 0 spiro atoms. The zero-order chi connectivity index (χ0) is 14.2. The van der Waals surface area contributed by atoms with Gasteiger partial charge in [0.05, 0.1) is 0 Å². The third-order valence-electron chi connectivity index (χ3n) is 2.21. The van der Waals surface area contributed by atoms with Gasteiger partial charge in [0.2, 0.25) is 5.91 Å². The van der Waals surface area contributed by atoms with Crippen LogP contribution < -0.4 is 5.32 Å². The van der Waals surface area contributed by atoms with Crippen molar-refractivity contribution in [2.75, 3.05) is 18.1 Å². The summed E-state index contributed by atoms with van der Waals surface area (Å²) in [6, 6.07) is 0. The fourth-order valence-electron chi connectivity index (χ4n) is 2.03. The average Bonchev–Trinajstić information content (AvgIpc) is 2.19. The summed E-state index contributed by atoms with van der Waals surface area (Å²) in [5, 5.41) is 2.78. The molecule has 0 aliphatic rings. The van der Waals surface area contributed by atoms with Gasteiger partial charge in [-0.25, -0.2) is 0 Å². The van der Waals surface area contributed by atoms with Crippen LogP contribution in [0, 0.1) is 10.8 Å². The normalized spacial score (nSPS) is 12.3. The van der Waals surface area contributed by atoms with Gasteiger partial charge in [-0.3, -0.25) is 4.79 Å². The molecule has 0 rings (SSSR count). The highest BCUT2D eigenvalue weighted by Crippen LogP contribution is 2.38. The van der Waals surface area contributed by atoms with Crippen molar-refractivity contribution in [1.82, 2.24) is 5.32 Å². The smallest absolute Gasteiger partial charge is 0.243 e. The summed E-state index contributed by atoms with van der Waals surface area (Å²) in [4.78, 5) is 10.9. The van der Waals surface area contributed by atoms with E-state index in [9.17, 15) is 4.79 Å². The molecular formula is C14H27NOS2. The van der Waals surface area contributed by atoms with Gasteiger partial charge in [-0.15, -0.1) is 0 Å². The maximum atomic E-state index is 10.9. The van der Waals surface area contributed by atoms with Crippen molar-refractivity contribution in [2.24, 2.45) is 10.8 Å². The van der Waals surface area contributed by atoms with Gasteiger partial charge < -0.3 is 5.32 Å². The number of nitrogens with one attached hydrogen (secondary N) is 1. The standard InChI is InChI=1S/C14H27NOS2/c1-7-12(16)15-8-9-17-18-11-14(5,6)10-13(2,3)4/h7H,1,8-11H2,2-6H3,(H,15,16). The molecule has 0 radical (unpaired) electrons. The highest BCUT2D eigenvalue weighted by atomic mass is 33.1. The Kier molecular flexibility index (Phi) is 8.11. The molecule has 0 atom stereocenters. The lowest BCUT2D eigenvalue weighted by Gasteiger charge is -2.31. The molecule has 0 unspecified atom stereocenters. The Labute approximate surface area is 120 Å². The van der Waals surface area contributed by atoms with E-state index in [4.69, 9.17) is 0 Å². The van der Waals surface area contributed by atoms with Gasteiger partial charge in [0, 0.05) is 18.1 Å². The molecule has 2 nitrogen and oxygen atoms in total. The van der Waals surface area contributed by atoms with E-state index in [0.29, 0.717) is 17.4 Å². The minimum atomic E-state index is -0.0892. The largest absolute Gasteiger partial charge is 0.352 e. The summed E-state index contributed by atoms with van der Waals surface area (Å²) in [6.07, 6.45) is 2.53. The maximum absolute atomic E-state index is 10.9. The Morgan fingerprint density at radius 3 is 2.33 bits per heavy atom. The fourth-order valence-corrected chi connectivity index (χ4v) is 4.65. The second-order valence-electron chi connectivity index (χ2n) is 6.48.